The molecule has 1 saturated carbocycles. The summed E-state index contributed by atoms with van der Waals surface area (Å²) in [5.41, 5.74) is 1.64. The molecule has 2 aromatic heterocycles. The number of fused-ring (bicyclic) bond motifs is 1. The lowest BCUT2D eigenvalue weighted by Crippen LogP contribution is -2.22. The smallest absolute Gasteiger partial charge is 0.254 e. The Morgan fingerprint density at radius 3 is 2.87 bits per heavy atom. The Kier molecular flexibility index (Phi) is 3.12. The van der Waals surface area contributed by atoms with Crippen LogP contribution >= 0.6 is 11.6 Å². The molecule has 118 valence electrons. The molecule has 2 amide bonds. The highest BCUT2D eigenvalue weighted by Gasteiger charge is 2.29. The number of halogens is 1. The van der Waals surface area contributed by atoms with E-state index in [1.165, 1.54) is 0 Å². The SMILES string of the molecule is CN(c1cc(Cl)nc2c(/C=C3\CC(=O)NC3=O)cnn12)C1CC1. The summed E-state index contributed by atoms with van der Waals surface area (Å²) in [6.45, 7) is 0. The van der Waals surface area contributed by atoms with Gasteiger partial charge < -0.3 is 4.90 Å². The average molecular weight is 332 g/mol. The van der Waals surface area contributed by atoms with Crippen LogP contribution < -0.4 is 10.2 Å². The monoisotopic (exact) mass is 331 g/mol. The third-order valence-corrected chi connectivity index (χ3v) is 4.32. The first-order chi connectivity index (χ1) is 11.0. The van der Waals surface area contributed by atoms with E-state index >= 15 is 0 Å². The summed E-state index contributed by atoms with van der Waals surface area (Å²) >= 11 is 6.16. The van der Waals surface area contributed by atoms with E-state index in [1.54, 1.807) is 22.9 Å². The van der Waals surface area contributed by atoms with Crippen molar-refractivity contribution < 1.29 is 9.59 Å². The van der Waals surface area contributed by atoms with Gasteiger partial charge in [0, 0.05) is 30.3 Å². The van der Waals surface area contributed by atoms with Crippen LogP contribution in [-0.2, 0) is 9.59 Å². The predicted molar refractivity (Wildman–Crippen MR) is 85.2 cm³/mol. The van der Waals surface area contributed by atoms with E-state index in [9.17, 15) is 9.59 Å². The summed E-state index contributed by atoms with van der Waals surface area (Å²) in [4.78, 5) is 29.5. The van der Waals surface area contributed by atoms with Crippen LogP contribution in [0.4, 0.5) is 5.82 Å². The number of imide groups is 1. The van der Waals surface area contributed by atoms with Gasteiger partial charge in [-0.1, -0.05) is 11.6 Å². The van der Waals surface area contributed by atoms with E-state index in [2.05, 4.69) is 20.3 Å². The normalized spacial score (nSPS) is 19.7. The van der Waals surface area contributed by atoms with Gasteiger partial charge in [-0.05, 0) is 18.9 Å². The number of rotatable bonds is 3. The first-order valence-corrected chi connectivity index (χ1v) is 7.72. The van der Waals surface area contributed by atoms with Crippen molar-refractivity contribution in [3.05, 3.63) is 28.6 Å². The summed E-state index contributed by atoms with van der Waals surface area (Å²) in [7, 11) is 2.01. The van der Waals surface area contributed by atoms with Crippen molar-refractivity contribution in [2.45, 2.75) is 25.3 Å². The molecule has 0 radical (unpaired) electrons. The minimum atomic E-state index is -0.369. The highest BCUT2D eigenvalue weighted by molar-refractivity contribution is 6.29. The van der Waals surface area contributed by atoms with Gasteiger partial charge >= 0.3 is 0 Å². The van der Waals surface area contributed by atoms with Crippen molar-refractivity contribution in [1.82, 2.24) is 19.9 Å². The topological polar surface area (TPSA) is 79.6 Å². The molecule has 0 spiro atoms. The summed E-state index contributed by atoms with van der Waals surface area (Å²) in [6.07, 6.45) is 5.65. The zero-order valence-electron chi connectivity index (χ0n) is 12.4. The van der Waals surface area contributed by atoms with Gasteiger partial charge in [0.05, 0.1) is 12.6 Å². The number of nitrogens with zero attached hydrogens (tertiary/aromatic N) is 4. The lowest BCUT2D eigenvalue weighted by molar-refractivity contribution is -0.124. The number of aromatic nitrogens is 3. The number of carbonyl (C=O) groups excluding carboxylic acids is 2. The first-order valence-electron chi connectivity index (χ1n) is 7.35. The Morgan fingerprint density at radius 2 is 2.22 bits per heavy atom. The molecule has 1 aliphatic carbocycles. The Bertz CT molecular complexity index is 868. The number of carbonyl (C=O) groups is 2. The van der Waals surface area contributed by atoms with Crippen LogP contribution in [0.15, 0.2) is 17.8 Å². The molecule has 0 atom stereocenters. The van der Waals surface area contributed by atoms with Crippen LogP contribution in [0.25, 0.3) is 11.7 Å². The van der Waals surface area contributed by atoms with Gasteiger partial charge in [-0.25, -0.2) is 4.98 Å². The highest BCUT2D eigenvalue weighted by Crippen LogP contribution is 2.32. The van der Waals surface area contributed by atoms with E-state index in [0.717, 1.165) is 18.7 Å². The molecule has 0 unspecified atom stereocenters. The van der Waals surface area contributed by atoms with E-state index in [1.807, 2.05) is 7.05 Å². The number of amides is 2. The average Bonchev–Trinajstić information content (AvgIpc) is 3.21. The van der Waals surface area contributed by atoms with E-state index in [0.29, 0.717) is 28.0 Å². The maximum Gasteiger partial charge on any atom is 0.254 e. The molecule has 2 aromatic rings. The van der Waals surface area contributed by atoms with Crippen molar-refractivity contribution in [2.24, 2.45) is 0 Å². The van der Waals surface area contributed by atoms with Crippen LogP contribution in [0.2, 0.25) is 5.15 Å². The summed E-state index contributed by atoms with van der Waals surface area (Å²) in [5.74, 6) is 0.198. The van der Waals surface area contributed by atoms with E-state index in [4.69, 9.17) is 11.6 Å². The van der Waals surface area contributed by atoms with E-state index < -0.39 is 0 Å². The fourth-order valence-corrected chi connectivity index (χ4v) is 2.92. The van der Waals surface area contributed by atoms with Gasteiger partial charge in [0.25, 0.3) is 5.91 Å². The molecule has 7 nitrogen and oxygen atoms in total. The lowest BCUT2D eigenvalue weighted by Gasteiger charge is -2.19. The van der Waals surface area contributed by atoms with E-state index in [-0.39, 0.29) is 18.2 Å². The van der Waals surface area contributed by atoms with Crippen LogP contribution in [0, 0.1) is 0 Å². The fourth-order valence-electron chi connectivity index (χ4n) is 2.75. The Balaban J connectivity index is 1.82. The van der Waals surface area contributed by atoms with Gasteiger partial charge in [-0.3, -0.25) is 14.9 Å². The second-order valence-corrected chi connectivity index (χ2v) is 6.23. The number of nitrogens with one attached hydrogen (secondary N) is 1. The molecule has 1 aliphatic heterocycles. The Morgan fingerprint density at radius 1 is 1.43 bits per heavy atom. The third kappa shape index (κ3) is 2.46. The molecule has 8 heteroatoms. The van der Waals surface area contributed by atoms with Crippen molar-refractivity contribution in [2.75, 3.05) is 11.9 Å². The molecule has 0 bridgehead atoms. The van der Waals surface area contributed by atoms with Crippen LogP contribution in [0.3, 0.4) is 0 Å². The molecule has 0 aromatic carbocycles. The van der Waals surface area contributed by atoms with Gasteiger partial charge in [-0.2, -0.15) is 9.61 Å². The summed E-state index contributed by atoms with van der Waals surface area (Å²) in [6, 6.07) is 2.28. The maximum absolute atomic E-state index is 11.7. The number of hydrogen-bond acceptors (Lipinski definition) is 5. The second-order valence-electron chi connectivity index (χ2n) is 5.84. The minimum Gasteiger partial charge on any atom is -0.356 e. The highest BCUT2D eigenvalue weighted by atomic mass is 35.5. The van der Waals surface area contributed by atoms with Crippen molar-refractivity contribution in [3.63, 3.8) is 0 Å². The molecular formula is C15H14ClN5O2. The molecule has 2 aliphatic rings. The van der Waals surface area contributed by atoms with Gasteiger partial charge in [0.2, 0.25) is 5.91 Å². The van der Waals surface area contributed by atoms with Crippen LogP contribution in [-0.4, -0.2) is 39.5 Å². The second kappa shape index (κ2) is 5.06. The van der Waals surface area contributed by atoms with Crippen molar-refractivity contribution in [1.29, 1.82) is 0 Å². The summed E-state index contributed by atoms with van der Waals surface area (Å²) < 4.78 is 1.71. The fraction of sp³-hybridized carbons (Fsp3) is 0.333. The standard InChI is InChI=1S/C15H14ClN5O2/c1-20(10-2-3-10)13-6-11(16)18-14-9(7-17-21(13)14)4-8-5-12(22)19-15(8)23/h4,6-7,10H,2-3,5H2,1H3,(H,19,22,23)/b8-4+. The van der Waals surface area contributed by atoms with Crippen molar-refractivity contribution in [3.8, 4) is 0 Å². The maximum atomic E-state index is 11.7. The Hall–Kier alpha value is -2.41. The Labute approximate surface area is 136 Å². The molecular weight excluding hydrogens is 318 g/mol. The van der Waals surface area contributed by atoms with Crippen molar-refractivity contribution >= 4 is 41.0 Å². The van der Waals surface area contributed by atoms with Gasteiger partial charge in [-0.15, -0.1) is 0 Å². The zero-order valence-corrected chi connectivity index (χ0v) is 13.2. The van der Waals surface area contributed by atoms with Gasteiger partial charge in [0.15, 0.2) is 5.65 Å². The minimum absolute atomic E-state index is 0.0750. The molecule has 3 heterocycles. The third-order valence-electron chi connectivity index (χ3n) is 4.13. The molecule has 2 fully saturated rings. The molecule has 4 rings (SSSR count). The molecule has 23 heavy (non-hydrogen) atoms. The number of hydrogen-bond donors (Lipinski definition) is 1. The number of anilines is 1. The predicted octanol–water partition coefficient (Wildman–Crippen LogP) is 1.41. The summed E-state index contributed by atoms with van der Waals surface area (Å²) in [5, 5.41) is 7.00. The molecule has 1 saturated heterocycles. The molecule has 1 N–H and O–H groups in total. The first kappa shape index (κ1) is 14.2. The van der Waals surface area contributed by atoms with Crippen LogP contribution in [0.1, 0.15) is 24.8 Å². The van der Waals surface area contributed by atoms with Crippen LogP contribution in [0.5, 0.6) is 0 Å². The lowest BCUT2D eigenvalue weighted by atomic mass is 10.1. The largest absolute Gasteiger partial charge is 0.356 e. The van der Waals surface area contributed by atoms with Gasteiger partial charge in [0.1, 0.15) is 11.0 Å². The zero-order chi connectivity index (χ0) is 16.1. The quantitative estimate of drug-likeness (QED) is 0.522.